The average Bonchev–Trinajstić information content (AvgIpc) is 2.88. The molecule has 0 atom stereocenters. The molecule has 2 aromatic rings. The zero-order valence-electron chi connectivity index (χ0n) is 12.7. The molecule has 122 valence electrons. The molecule has 0 aliphatic carbocycles. The maximum absolute atomic E-state index is 11.8. The summed E-state index contributed by atoms with van der Waals surface area (Å²) >= 11 is 0. The third kappa shape index (κ3) is 5.23. The van der Waals surface area contributed by atoms with Crippen molar-refractivity contribution >= 4 is 11.9 Å². The molecule has 1 amide bonds. The highest BCUT2D eigenvalue weighted by Crippen LogP contribution is 2.21. The van der Waals surface area contributed by atoms with E-state index in [0.717, 1.165) is 5.56 Å². The van der Waals surface area contributed by atoms with E-state index in [1.54, 1.807) is 6.92 Å². The van der Waals surface area contributed by atoms with Crippen LogP contribution in [0.2, 0.25) is 0 Å². The number of aryl methyl sites for hydroxylation is 1. The number of oxazole rings is 1. The van der Waals surface area contributed by atoms with Gasteiger partial charge in [-0.25, -0.2) is 9.78 Å². The van der Waals surface area contributed by atoms with E-state index in [9.17, 15) is 9.59 Å². The zero-order valence-corrected chi connectivity index (χ0v) is 12.7. The van der Waals surface area contributed by atoms with Crippen LogP contribution in [-0.2, 0) is 20.7 Å². The van der Waals surface area contributed by atoms with E-state index in [1.165, 1.54) is 0 Å². The van der Waals surface area contributed by atoms with E-state index in [2.05, 4.69) is 10.3 Å². The van der Waals surface area contributed by atoms with Gasteiger partial charge in [-0.1, -0.05) is 18.2 Å². The van der Waals surface area contributed by atoms with Crippen molar-refractivity contribution in [2.24, 2.45) is 0 Å². The fraction of sp³-hybridized carbons (Fsp3) is 0.312. The van der Waals surface area contributed by atoms with Crippen molar-refractivity contribution in [1.82, 2.24) is 10.3 Å². The van der Waals surface area contributed by atoms with Crippen molar-refractivity contribution in [3.63, 3.8) is 0 Å². The maximum atomic E-state index is 11.8. The van der Waals surface area contributed by atoms with Crippen LogP contribution in [-0.4, -0.2) is 41.7 Å². The first-order valence-corrected chi connectivity index (χ1v) is 7.14. The molecule has 1 heterocycles. The summed E-state index contributed by atoms with van der Waals surface area (Å²) in [6, 6.07) is 9.45. The number of carboxylic acid groups (broad SMARTS) is 1. The van der Waals surface area contributed by atoms with Gasteiger partial charge in [0.2, 0.25) is 11.8 Å². The van der Waals surface area contributed by atoms with Crippen LogP contribution < -0.4 is 5.32 Å². The van der Waals surface area contributed by atoms with E-state index < -0.39 is 5.97 Å². The maximum Gasteiger partial charge on any atom is 0.329 e. The standard InChI is InChI=1S/C16H18N2O5/c1-11-13(9-14(19)17-7-8-22-10-15(20)21)18-16(23-11)12-5-3-2-4-6-12/h2-6H,7-10H2,1H3,(H,17,19)(H,20,21). The monoisotopic (exact) mass is 318 g/mol. The highest BCUT2D eigenvalue weighted by atomic mass is 16.5. The van der Waals surface area contributed by atoms with Gasteiger partial charge in [0.25, 0.3) is 0 Å². The van der Waals surface area contributed by atoms with Crippen LogP contribution in [0.25, 0.3) is 11.5 Å². The van der Waals surface area contributed by atoms with Crippen LogP contribution in [0.4, 0.5) is 0 Å². The second kappa shape index (κ2) is 8.09. The van der Waals surface area contributed by atoms with Crippen molar-refractivity contribution in [2.75, 3.05) is 19.8 Å². The molecule has 7 nitrogen and oxygen atoms in total. The van der Waals surface area contributed by atoms with Crippen molar-refractivity contribution < 1.29 is 23.8 Å². The summed E-state index contributed by atoms with van der Waals surface area (Å²) in [5, 5.41) is 11.1. The summed E-state index contributed by atoms with van der Waals surface area (Å²) < 4.78 is 10.4. The lowest BCUT2D eigenvalue weighted by Gasteiger charge is -2.04. The number of aliphatic carboxylic acids is 1. The van der Waals surface area contributed by atoms with E-state index in [4.69, 9.17) is 14.3 Å². The van der Waals surface area contributed by atoms with Gasteiger partial charge in [-0.3, -0.25) is 4.79 Å². The minimum atomic E-state index is -1.04. The first kappa shape index (κ1) is 16.7. The lowest BCUT2D eigenvalue weighted by Crippen LogP contribution is -2.29. The number of aromatic nitrogens is 1. The first-order chi connectivity index (χ1) is 11.1. The van der Waals surface area contributed by atoms with Gasteiger partial charge in [0, 0.05) is 12.1 Å². The van der Waals surface area contributed by atoms with Gasteiger partial charge in [0.05, 0.1) is 18.7 Å². The number of nitrogens with one attached hydrogen (secondary N) is 1. The lowest BCUT2D eigenvalue weighted by molar-refractivity contribution is -0.142. The van der Waals surface area contributed by atoms with E-state index in [0.29, 0.717) is 17.3 Å². The van der Waals surface area contributed by atoms with Crippen molar-refractivity contribution in [3.05, 3.63) is 41.8 Å². The number of benzene rings is 1. The summed E-state index contributed by atoms with van der Waals surface area (Å²) in [5.74, 6) is -0.181. The fourth-order valence-electron chi connectivity index (χ4n) is 1.93. The summed E-state index contributed by atoms with van der Waals surface area (Å²) in [7, 11) is 0. The van der Waals surface area contributed by atoms with Crippen LogP contribution in [0.1, 0.15) is 11.5 Å². The number of ether oxygens (including phenoxy) is 1. The fourth-order valence-corrected chi connectivity index (χ4v) is 1.93. The summed E-state index contributed by atoms with van der Waals surface area (Å²) in [6.45, 7) is 1.77. The Morgan fingerprint density at radius 2 is 2.04 bits per heavy atom. The Labute approximate surface area is 133 Å². The SMILES string of the molecule is Cc1oc(-c2ccccc2)nc1CC(=O)NCCOCC(=O)O. The van der Waals surface area contributed by atoms with Crippen LogP contribution in [0.3, 0.4) is 0 Å². The average molecular weight is 318 g/mol. The summed E-state index contributed by atoms with van der Waals surface area (Å²) in [6.07, 6.45) is 0.0983. The molecule has 2 rings (SSSR count). The summed E-state index contributed by atoms with van der Waals surface area (Å²) in [4.78, 5) is 26.5. The smallest absolute Gasteiger partial charge is 0.329 e. The molecule has 0 bridgehead atoms. The van der Waals surface area contributed by atoms with Gasteiger partial charge in [-0.2, -0.15) is 0 Å². The topological polar surface area (TPSA) is 102 Å². The van der Waals surface area contributed by atoms with E-state index in [-0.39, 0.29) is 32.1 Å². The van der Waals surface area contributed by atoms with Crippen molar-refractivity contribution in [3.8, 4) is 11.5 Å². The van der Waals surface area contributed by atoms with Gasteiger partial charge in [-0.05, 0) is 19.1 Å². The second-order valence-electron chi connectivity index (χ2n) is 4.86. The minimum Gasteiger partial charge on any atom is -0.480 e. The molecule has 1 aromatic carbocycles. The molecule has 0 unspecified atom stereocenters. The number of nitrogens with zero attached hydrogens (tertiary/aromatic N) is 1. The Hall–Kier alpha value is -2.67. The van der Waals surface area contributed by atoms with E-state index in [1.807, 2.05) is 30.3 Å². The van der Waals surface area contributed by atoms with Gasteiger partial charge < -0.3 is 19.6 Å². The Morgan fingerprint density at radius 3 is 2.74 bits per heavy atom. The van der Waals surface area contributed by atoms with Gasteiger partial charge in [0.1, 0.15) is 12.4 Å². The van der Waals surface area contributed by atoms with Gasteiger partial charge >= 0.3 is 5.97 Å². The van der Waals surface area contributed by atoms with Crippen LogP contribution in [0, 0.1) is 6.92 Å². The predicted octanol–water partition coefficient (Wildman–Crippen LogP) is 1.41. The minimum absolute atomic E-state index is 0.0983. The Kier molecular flexibility index (Phi) is 5.87. The van der Waals surface area contributed by atoms with E-state index >= 15 is 0 Å². The summed E-state index contributed by atoms with van der Waals surface area (Å²) in [5.41, 5.74) is 1.43. The third-order valence-electron chi connectivity index (χ3n) is 3.04. The Balaban J connectivity index is 1.84. The normalized spacial score (nSPS) is 10.5. The molecular formula is C16H18N2O5. The number of carboxylic acids is 1. The van der Waals surface area contributed by atoms with Gasteiger partial charge in [-0.15, -0.1) is 0 Å². The third-order valence-corrected chi connectivity index (χ3v) is 3.04. The number of amides is 1. The molecule has 0 spiro atoms. The number of carbonyl (C=O) groups is 2. The molecule has 1 aromatic heterocycles. The molecule has 0 aliphatic rings. The van der Waals surface area contributed by atoms with Gasteiger partial charge in [0.15, 0.2) is 0 Å². The molecule has 0 saturated heterocycles. The highest BCUT2D eigenvalue weighted by molar-refractivity contribution is 5.78. The number of hydrogen-bond acceptors (Lipinski definition) is 5. The molecule has 0 saturated carbocycles. The molecular weight excluding hydrogens is 300 g/mol. The quantitative estimate of drug-likeness (QED) is 0.714. The number of rotatable bonds is 8. The second-order valence-corrected chi connectivity index (χ2v) is 4.86. The molecule has 0 aliphatic heterocycles. The van der Waals surface area contributed by atoms with Crippen LogP contribution >= 0.6 is 0 Å². The van der Waals surface area contributed by atoms with Crippen LogP contribution in [0.5, 0.6) is 0 Å². The molecule has 7 heteroatoms. The largest absolute Gasteiger partial charge is 0.480 e. The number of carbonyl (C=O) groups excluding carboxylic acids is 1. The molecule has 2 N–H and O–H groups in total. The Morgan fingerprint density at radius 1 is 1.30 bits per heavy atom. The van der Waals surface area contributed by atoms with Crippen LogP contribution in [0.15, 0.2) is 34.7 Å². The van der Waals surface area contributed by atoms with Crippen molar-refractivity contribution in [1.29, 1.82) is 0 Å². The number of hydrogen-bond donors (Lipinski definition) is 2. The first-order valence-electron chi connectivity index (χ1n) is 7.14. The van der Waals surface area contributed by atoms with Crippen molar-refractivity contribution in [2.45, 2.75) is 13.3 Å². The predicted molar refractivity (Wildman–Crippen MR) is 81.8 cm³/mol. The molecule has 0 fully saturated rings. The Bertz CT molecular complexity index is 666. The molecule has 0 radical (unpaired) electrons. The lowest BCUT2D eigenvalue weighted by atomic mass is 10.2. The molecule has 23 heavy (non-hydrogen) atoms. The highest BCUT2D eigenvalue weighted by Gasteiger charge is 2.14. The zero-order chi connectivity index (χ0) is 16.7.